The first kappa shape index (κ1) is 13.4. The fraction of sp³-hybridized carbons (Fsp3) is 1.00. The standard InChI is InChI=1S/C7H15F3NS2/c1-4-11(5-2,6-3)13-12-7(8,9)10/h4-6H2,1-3H3/q+1. The molecule has 0 amide bonds. The molecule has 0 unspecified atom stereocenters. The Kier molecular flexibility index (Phi) is 5.55. The highest BCUT2D eigenvalue weighted by atomic mass is 33.1. The Labute approximate surface area is 85.2 Å². The Bertz CT molecular complexity index is 137. The van der Waals surface area contributed by atoms with Crippen molar-refractivity contribution >= 4 is 21.8 Å². The van der Waals surface area contributed by atoms with Crippen LogP contribution in [0.15, 0.2) is 0 Å². The van der Waals surface area contributed by atoms with E-state index >= 15 is 0 Å². The van der Waals surface area contributed by atoms with Crippen LogP contribution in [-0.2, 0) is 0 Å². The van der Waals surface area contributed by atoms with Crippen LogP contribution in [0.4, 0.5) is 13.2 Å². The molecule has 0 aromatic carbocycles. The summed E-state index contributed by atoms with van der Waals surface area (Å²) in [6, 6.07) is 0. The van der Waals surface area contributed by atoms with Crippen molar-refractivity contribution in [2.75, 3.05) is 19.6 Å². The molecule has 0 bridgehead atoms. The largest absolute Gasteiger partial charge is 0.457 e. The monoisotopic (exact) mass is 234 g/mol. The van der Waals surface area contributed by atoms with E-state index in [1.165, 1.54) is 0 Å². The Hall–Kier alpha value is 0.450. The minimum absolute atomic E-state index is 0.00315. The molecule has 0 saturated heterocycles. The number of rotatable bonds is 5. The molecule has 13 heavy (non-hydrogen) atoms. The van der Waals surface area contributed by atoms with E-state index in [-0.39, 0.29) is 10.8 Å². The van der Waals surface area contributed by atoms with Crippen molar-refractivity contribution in [1.82, 2.24) is 0 Å². The molecule has 1 nitrogen and oxygen atoms in total. The van der Waals surface area contributed by atoms with Crippen molar-refractivity contribution < 1.29 is 17.1 Å². The fourth-order valence-electron chi connectivity index (χ4n) is 0.950. The summed E-state index contributed by atoms with van der Waals surface area (Å²) in [7, 11) is 0.908. The molecule has 0 aliphatic carbocycles. The maximum atomic E-state index is 11.9. The molecule has 0 radical (unpaired) electrons. The Balaban J connectivity index is 4.11. The first-order valence-electron chi connectivity index (χ1n) is 4.19. The summed E-state index contributed by atoms with van der Waals surface area (Å²) in [5, 5.41) is 0. The number of nitrogens with zero attached hydrogens (tertiary/aromatic N) is 1. The smallest absolute Gasteiger partial charge is 0.252 e. The molecule has 0 aromatic heterocycles. The van der Waals surface area contributed by atoms with Crippen LogP contribution in [0.5, 0.6) is 0 Å². The summed E-state index contributed by atoms with van der Waals surface area (Å²) in [6.45, 7) is 7.91. The normalized spacial score (nSPS) is 13.4. The van der Waals surface area contributed by atoms with Crippen molar-refractivity contribution in [2.24, 2.45) is 0 Å². The molecule has 0 spiro atoms. The molecule has 0 aliphatic heterocycles. The van der Waals surface area contributed by atoms with Gasteiger partial charge >= 0.3 is 5.51 Å². The number of quaternary nitrogens is 1. The zero-order chi connectivity index (χ0) is 10.5. The highest BCUT2D eigenvalue weighted by molar-refractivity contribution is 8.74. The van der Waals surface area contributed by atoms with Crippen molar-refractivity contribution in [3.63, 3.8) is 0 Å². The lowest BCUT2D eigenvalue weighted by molar-refractivity contribution is -0.787. The number of halogens is 3. The van der Waals surface area contributed by atoms with Gasteiger partial charge in [0.25, 0.3) is 0 Å². The van der Waals surface area contributed by atoms with Gasteiger partial charge in [-0.15, -0.1) is 0 Å². The first-order chi connectivity index (χ1) is 5.89. The molecular weight excluding hydrogens is 219 g/mol. The molecule has 0 saturated carbocycles. The van der Waals surface area contributed by atoms with Gasteiger partial charge in [0.2, 0.25) is 0 Å². The lowest BCUT2D eigenvalue weighted by atomic mass is 10.5. The van der Waals surface area contributed by atoms with Gasteiger partial charge in [0.05, 0.1) is 30.4 Å². The minimum atomic E-state index is -4.13. The van der Waals surface area contributed by atoms with Crippen LogP contribution in [0.1, 0.15) is 20.8 Å². The van der Waals surface area contributed by atoms with E-state index in [0.29, 0.717) is 3.89 Å². The highest BCUT2D eigenvalue weighted by Crippen LogP contribution is 2.44. The molecule has 0 N–H and O–H groups in total. The second-order valence-electron chi connectivity index (χ2n) is 2.61. The van der Waals surface area contributed by atoms with Crippen molar-refractivity contribution in [2.45, 2.75) is 26.3 Å². The topological polar surface area (TPSA) is 0 Å². The number of hydrogen-bond donors (Lipinski definition) is 0. The predicted octanol–water partition coefficient (Wildman–Crippen LogP) is 3.68. The third-order valence-corrected chi connectivity index (χ3v) is 5.11. The maximum Gasteiger partial charge on any atom is 0.457 e. The van der Waals surface area contributed by atoms with E-state index in [4.69, 9.17) is 0 Å². The van der Waals surface area contributed by atoms with Crippen LogP contribution in [0, 0.1) is 0 Å². The summed E-state index contributed by atoms with van der Waals surface area (Å²) in [4.78, 5) is 0. The lowest BCUT2D eigenvalue weighted by Crippen LogP contribution is -2.39. The van der Waals surface area contributed by atoms with Crippen molar-refractivity contribution in [3.05, 3.63) is 0 Å². The summed E-state index contributed by atoms with van der Waals surface area (Å²) in [5.41, 5.74) is -4.13. The van der Waals surface area contributed by atoms with Crippen LogP contribution in [-0.4, -0.2) is 29.0 Å². The third-order valence-electron chi connectivity index (χ3n) is 2.02. The number of hydrogen-bond acceptors (Lipinski definition) is 2. The molecule has 0 aliphatic rings. The molecule has 6 heteroatoms. The maximum absolute atomic E-state index is 11.9. The van der Waals surface area contributed by atoms with E-state index < -0.39 is 5.51 Å². The summed E-state index contributed by atoms with van der Waals surface area (Å²) >= 11 is 0. The average molecular weight is 234 g/mol. The second kappa shape index (κ2) is 5.36. The van der Waals surface area contributed by atoms with Crippen molar-refractivity contribution in [1.29, 1.82) is 0 Å². The Morgan fingerprint density at radius 1 is 1.00 bits per heavy atom. The van der Waals surface area contributed by atoms with Gasteiger partial charge in [0, 0.05) is 0 Å². The zero-order valence-electron chi connectivity index (χ0n) is 8.02. The van der Waals surface area contributed by atoms with Crippen LogP contribution in [0.25, 0.3) is 0 Å². The van der Waals surface area contributed by atoms with Crippen LogP contribution >= 0.6 is 21.8 Å². The minimum Gasteiger partial charge on any atom is -0.252 e. The summed E-state index contributed by atoms with van der Waals surface area (Å²) < 4.78 is 36.2. The van der Waals surface area contributed by atoms with Gasteiger partial charge in [0.15, 0.2) is 11.0 Å². The number of alkyl halides is 3. The quantitative estimate of drug-likeness (QED) is 0.404. The molecular formula is C7H15F3NS2+. The Morgan fingerprint density at radius 3 is 1.62 bits per heavy atom. The van der Waals surface area contributed by atoms with Gasteiger partial charge in [-0.25, -0.2) is 0 Å². The first-order valence-corrected chi connectivity index (χ1v) is 6.30. The molecule has 0 rings (SSSR count). The SMILES string of the molecule is CC[N+](CC)(CC)SSC(F)(F)F. The van der Waals surface area contributed by atoms with E-state index in [0.717, 1.165) is 30.6 Å². The fourth-order valence-corrected chi connectivity index (χ4v) is 3.19. The van der Waals surface area contributed by atoms with Crippen LogP contribution in [0.2, 0.25) is 0 Å². The molecule has 0 fully saturated rings. The van der Waals surface area contributed by atoms with Gasteiger partial charge in [-0.05, 0) is 20.8 Å². The zero-order valence-corrected chi connectivity index (χ0v) is 9.65. The van der Waals surface area contributed by atoms with Gasteiger partial charge in [0.1, 0.15) is 0 Å². The van der Waals surface area contributed by atoms with Crippen LogP contribution < -0.4 is 0 Å². The summed E-state index contributed by atoms with van der Waals surface area (Å²) in [5.74, 6) is 0. The van der Waals surface area contributed by atoms with Crippen molar-refractivity contribution in [3.8, 4) is 0 Å². The third kappa shape index (κ3) is 5.02. The van der Waals surface area contributed by atoms with E-state index in [9.17, 15) is 13.2 Å². The van der Waals surface area contributed by atoms with Gasteiger partial charge in [-0.2, -0.15) is 13.2 Å². The van der Waals surface area contributed by atoms with E-state index in [1.54, 1.807) is 0 Å². The van der Waals surface area contributed by atoms with Gasteiger partial charge in [-0.1, -0.05) is 0 Å². The molecule has 0 aromatic rings. The highest BCUT2D eigenvalue weighted by Gasteiger charge is 2.36. The lowest BCUT2D eigenvalue weighted by Gasteiger charge is -2.31. The van der Waals surface area contributed by atoms with E-state index in [1.807, 2.05) is 20.8 Å². The molecule has 0 heterocycles. The van der Waals surface area contributed by atoms with E-state index in [2.05, 4.69) is 0 Å². The van der Waals surface area contributed by atoms with Gasteiger partial charge < -0.3 is 0 Å². The van der Waals surface area contributed by atoms with Crippen LogP contribution in [0.3, 0.4) is 0 Å². The molecule has 0 atom stereocenters. The summed E-state index contributed by atoms with van der Waals surface area (Å²) in [6.07, 6.45) is 0. The predicted molar refractivity (Wildman–Crippen MR) is 53.1 cm³/mol. The Morgan fingerprint density at radius 2 is 1.38 bits per heavy atom. The molecule has 80 valence electrons. The second-order valence-corrected chi connectivity index (χ2v) is 5.11. The average Bonchev–Trinajstić information content (AvgIpc) is 2.06. The van der Waals surface area contributed by atoms with Gasteiger partial charge in [-0.3, -0.25) is 3.89 Å².